The zero-order chi connectivity index (χ0) is 12.7. The molecule has 90 valence electrons. The van der Waals surface area contributed by atoms with E-state index in [-0.39, 0.29) is 5.56 Å². The highest BCUT2D eigenvalue weighted by molar-refractivity contribution is 5.94. The molecule has 3 heterocycles. The average Bonchev–Trinajstić information content (AvgIpc) is 2.84. The molecule has 0 spiro atoms. The van der Waals surface area contributed by atoms with Gasteiger partial charge in [0.1, 0.15) is 11.3 Å². The van der Waals surface area contributed by atoms with E-state index in [2.05, 4.69) is 9.97 Å². The van der Waals surface area contributed by atoms with Gasteiger partial charge in [0.05, 0.1) is 0 Å². The molecule has 0 atom stereocenters. The van der Waals surface area contributed by atoms with E-state index in [1.165, 1.54) is 0 Å². The summed E-state index contributed by atoms with van der Waals surface area (Å²) in [6, 6.07) is 5.54. The number of aromatic amines is 1. The minimum Gasteiger partial charge on any atom is -0.384 e. The van der Waals surface area contributed by atoms with Crippen molar-refractivity contribution in [1.29, 1.82) is 0 Å². The number of fused-ring (bicyclic) bond motifs is 1. The summed E-state index contributed by atoms with van der Waals surface area (Å²) in [7, 11) is 1.73. The van der Waals surface area contributed by atoms with Crippen LogP contribution in [-0.2, 0) is 7.05 Å². The van der Waals surface area contributed by atoms with Gasteiger partial charge in [0.25, 0.3) is 5.56 Å². The van der Waals surface area contributed by atoms with Gasteiger partial charge in [-0.25, -0.2) is 4.98 Å². The second-order valence-corrected chi connectivity index (χ2v) is 4.20. The molecule has 5 heteroatoms. The maximum absolute atomic E-state index is 11.9. The number of hydrogen-bond acceptors (Lipinski definition) is 3. The third-order valence-electron chi connectivity index (χ3n) is 2.99. The molecule has 0 unspecified atom stereocenters. The van der Waals surface area contributed by atoms with E-state index in [0.29, 0.717) is 11.3 Å². The number of hydrogen-bond donors (Lipinski definition) is 2. The number of aryl methyl sites for hydroxylation is 1. The van der Waals surface area contributed by atoms with Crippen LogP contribution < -0.4 is 11.3 Å². The van der Waals surface area contributed by atoms with Gasteiger partial charge in [-0.2, -0.15) is 0 Å². The summed E-state index contributed by atoms with van der Waals surface area (Å²) in [6.45, 7) is 0. The Morgan fingerprint density at radius 3 is 2.89 bits per heavy atom. The maximum atomic E-state index is 11.9. The van der Waals surface area contributed by atoms with Crippen LogP contribution in [0.4, 0.5) is 5.82 Å². The predicted molar refractivity (Wildman–Crippen MR) is 71.2 cm³/mol. The van der Waals surface area contributed by atoms with Gasteiger partial charge in [-0.3, -0.25) is 4.79 Å². The fourth-order valence-electron chi connectivity index (χ4n) is 2.06. The van der Waals surface area contributed by atoms with Crippen LogP contribution in [-0.4, -0.2) is 14.5 Å². The topological polar surface area (TPSA) is 76.7 Å². The van der Waals surface area contributed by atoms with Crippen molar-refractivity contribution in [2.45, 2.75) is 0 Å². The minimum absolute atomic E-state index is 0.0397. The molecule has 3 aromatic heterocycles. The summed E-state index contributed by atoms with van der Waals surface area (Å²) in [6.07, 6.45) is 5.29. The summed E-state index contributed by atoms with van der Waals surface area (Å²) in [5.74, 6) is 0.480. The molecular formula is C13H12N4O. The van der Waals surface area contributed by atoms with E-state index in [9.17, 15) is 4.79 Å². The highest BCUT2D eigenvalue weighted by Gasteiger charge is 2.09. The van der Waals surface area contributed by atoms with Crippen molar-refractivity contribution in [2.24, 2.45) is 7.05 Å². The molecule has 0 aliphatic heterocycles. The summed E-state index contributed by atoms with van der Waals surface area (Å²) in [4.78, 5) is 19.0. The van der Waals surface area contributed by atoms with Gasteiger partial charge in [-0.15, -0.1) is 0 Å². The average molecular weight is 240 g/mol. The summed E-state index contributed by atoms with van der Waals surface area (Å²) in [5.41, 5.74) is 8.04. The molecule has 0 aliphatic carbocycles. The number of nitrogens with one attached hydrogen (secondary N) is 1. The molecule has 0 radical (unpaired) electrons. The number of H-pyrrole nitrogens is 1. The number of nitrogens with zero attached hydrogens (tertiary/aromatic N) is 2. The predicted octanol–water partition coefficient (Wildman–Crippen LogP) is 1.51. The molecular weight excluding hydrogens is 228 g/mol. The Labute approximate surface area is 103 Å². The lowest BCUT2D eigenvalue weighted by Gasteiger charge is -2.06. The Morgan fingerprint density at radius 1 is 1.33 bits per heavy atom. The maximum Gasteiger partial charge on any atom is 0.274 e. The molecule has 18 heavy (non-hydrogen) atoms. The largest absolute Gasteiger partial charge is 0.384 e. The summed E-state index contributed by atoms with van der Waals surface area (Å²) in [5, 5.41) is 0.893. The van der Waals surface area contributed by atoms with E-state index in [1.54, 1.807) is 30.1 Å². The van der Waals surface area contributed by atoms with Gasteiger partial charge in [-0.05, 0) is 18.2 Å². The molecule has 0 aliphatic rings. The lowest BCUT2D eigenvalue weighted by atomic mass is 10.1. The summed E-state index contributed by atoms with van der Waals surface area (Å²) < 4.78 is 1.56. The standard InChI is InChI=1S/C13H12N4O/c1-17-7-10(8-2-3-11(14)16-6-8)9-4-5-15-12(9)13(17)18/h2-7,15H,1H3,(H2,14,16). The molecule has 3 aromatic rings. The van der Waals surface area contributed by atoms with Crippen LogP contribution in [0.1, 0.15) is 0 Å². The van der Waals surface area contributed by atoms with Gasteiger partial charge in [-0.1, -0.05) is 0 Å². The number of nitrogen functional groups attached to an aromatic ring is 1. The van der Waals surface area contributed by atoms with E-state index >= 15 is 0 Å². The molecule has 0 fully saturated rings. The number of pyridine rings is 2. The SMILES string of the molecule is Cn1cc(-c2ccc(N)nc2)c2cc[nH]c2c1=O. The Balaban J connectivity index is 2.35. The van der Waals surface area contributed by atoms with Crippen molar-refractivity contribution in [3.8, 4) is 11.1 Å². The van der Waals surface area contributed by atoms with Crippen molar-refractivity contribution >= 4 is 16.7 Å². The molecule has 0 saturated carbocycles. The van der Waals surface area contributed by atoms with E-state index < -0.39 is 0 Å². The van der Waals surface area contributed by atoms with Crippen LogP contribution in [0.15, 0.2) is 41.6 Å². The highest BCUT2D eigenvalue weighted by atomic mass is 16.1. The van der Waals surface area contributed by atoms with Crippen LogP contribution in [0, 0.1) is 0 Å². The zero-order valence-corrected chi connectivity index (χ0v) is 9.84. The second-order valence-electron chi connectivity index (χ2n) is 4.20. The van der Waals surface area contributed by atoms with Crippen molar-refractivity contribution in [1.82, 2.24) is 14.5 Å². The third kappa shape index (κ3) is 1.48. The van der Waals surface area contributed by atoms with Crippen molar-refractivity contribution in [3.05, 3.63) is 47.1 Å². The Morgan fingerprint density at radius 2 is 2.17 bits per heavy atom. The first-order valence-electron chi connectivity index (χ1n) is 5.55. The smallest absolute Gasteiger partial charge is 0.274 e. The number of aromatic nitrogens is 3. The van der Waals surface area contributed by atoms with Gasteiger partial charge < -0.3 is 15.3 Å². The van der Waals surface area contributed by atoms with Gasteiger partial charge in [0.2, 0.25) is 0 Å². The highest BCUT2D eigenvalue weighted by Crippen LogP contribution is 2.25. The first-order valence-corrected chi connectivity index (χ1v) is 5.55. The van der Waals surface area contributed by atoms with Crippen molar-refractivity contribution in [3.63, 3.8) is 0 Å². The van der Waals surface area contributed by atoms with Crippen LogP contribution in [0.25, 0.3) is 22.0 Å². The normalized spacial score (nSPS) is 10.9. The van der Waals surface area contributed by atoms with Gasteiger partial charge >= 0.3 is 0 Å². The lowest BCUT2D eigenvalue weighted by molar-refractivity contribution is 0.872. The van der Waals surface area contributed by atoms with Crippen LogP contribution >= 0.6 is 0 Å². The Hall–Kier alpha value is -2.56. The quantitative estimate of drug-likeness (QED) is 0.677. The fraction of sp³-hybridized carbons (Fsp3) is 0.0769. The third-order valence-corrected chi connectivity index (χ3v) is 2.99. The molecule has 0 saturated heterocycles. The fourth-order valence-corrected chi connectivity index (χ4v) is 2.06. The molecule has 3 rings (SSSR count). The number of rotatable bonds is 1. The van der Waals surface area contributed by atoms with Crippen LogP contribution in [0.3, 0.4) is 0 Å². The van der Waals surface area contributed by atoms with Crippen LogP contribution in [0.5, 0.6) is 0 Å². The number of anilines is 1. The van der Waals surface area contributed by atoms with Gasteiger partial charge in [0.15, 0.2) is 0 Å². The molecule has 0 aromatic carbocycles. The van der Waals surface area contributed by atoms with E-state index in [4.69, 9.17) is 5.73 Å². The second kappa shape index (κ2) is 3.73. The van der Waals surface area contributed by atoms with Crippen molar-refractivity contribution in [2.75, 3.05) is 5.73 Å². The van der Waals surface area contributed by atoms with Gasteiger partial charge in [0, 0.05) is 42.2 Å². The Bertz CT molecular complexity index is 768. The monoisotopic (exact) mass is 240 g/mol. The first-order chi connectivity index (χ1) is 8.66. The van der Waals surface area contributed by atoms with E-state index in [0.717, 1.165) is 16.5 Å². The first kappa shape index (κ1) is 10.6. The van der Waals surface area contributed by atoms with Crippen molar-refractivity contribution < 1.29 is 0 Å². The number of nitrogens with two attached hydrogens (primary N) is 1. The minimum atomic E-state index is -0.0397. The molecule has 0 bridgehead atoms. The summed E-state index contributed by atoms with van der Waals surface area (Å²) >= 11 is 0. The zero-order valence-electron chi connectivity index (χ0n) is 9.84. The van der Waals surface area contributed by atoms with E-state index in [1.807, 2.05) is 18.3 Å². The van der Waals surface area contributed by atoms with Crippen LogP contribution in [0.2, 0.25) is 0 Å². The molecule has 0 amide bonds. The molecule has 3 N–H and O–H groups in total. The molecule has 5 nitrogen and oxygen atoms in total. The lowest BCUT2D eigenvalue weighted by Crippen LogP contribution is -2.16. The Kier molecular flexibility index (Phi) is 2.19.